The monoisotopic (exact) mass is 542 g/mol. The third-order valence-electron chi connectivity index (χ3n) is 5.21. The second-order valence-corrected chi connectivity index (χ2v) is 9.60. The molecule has 164 valence electrons. The van der Waals surface area contributed by atoms with Crippen LogP contribution in [0.15, 0.2) is 64.5 Å². The molecule has 30 heavy (non-hydrogen) atoms. The molecule has 2 aromatic carbocycles. The molecule has 1 saturated heterocycles. The first-order chi connectivity index (χ1) is 13.9. The summed E-state index contributed by atoms with van der Waals surface area (Å²) >= 11 is 0. The fourth-order valence-corrected chi connectivity index (χ4v) is 4.42. The van der Waals surface area contributed by atoms with Crippen LogP contribution in [-0.2, 0) is 16.6 Å². The van der Waals surface area contributed by atoms with Gasteiger partial charge in [-0.25, -0.2) is 17.7 Å². The van der Waals surface area contributed by atoms with Gasteiger partial charge in [0, 0.05) is 39.6 Å². The summed E-state index contributed by atoms with van der Waals surface area (Å²) in [4.78, 5) is 7.40. The topological polar surface area (TPSA) is 65.0 Å². The van der Waals surface area contributed by atoms with Gasteiger partial charge in [-0.2, -0.15) is 0 Å². The Morgan fingerprint density at radius 3 is 2.40 bits per heavy atom. The van der Waals surface area contributed by atoms with Gasteiger partial charge in [0.2, 0.25) is 10.0 Å². The second kappa shape index (κ2) is 11.1. The van der Waals surface area contributed by atoms with E-state index < -0.39 is 10.0 Å². The largest absolute Gasteiger partial charge is 0.357 e. The van der Waals surface area contributed by atoms with Crippen molar-refractivity contribution in [2.45, 2.75) is 30.7 Å². The number of sulfonamides is 1. The smallest absolute Gasteiger partial charge is 0.242 e. The highest BCUT2D eigenvalue weighted by Gasteiger charge is 2.25. The van der Waals surface area contributed by atoms with Crippen LogP contribution in [0.25, 0.3) is 0 Å². The van der Waals surface area contributed by atoms with Crippen molar-refractivity contribution in [3.63, 3.8) is 0 Å². The molecule has 6 nitrogen and oxygen atoms in total. The molecule has 1 aliphatic heterocycles. The minimum absolute atomic E-state index is 0. The number of nitrogens with zero attached hydrogens (tertiary/aromatic N) is 3. The Labute approximate surface area is 197 Å². The molecule has 0 saturated carbocycles. The van der Waals surface area contributed by atoms with Crippen molar-refractivity contribution in [3.05, 3.63) is 65.7 Å². The van der Waals surface area contributed by atoms with Crippen molar-refractivity contribution < 1.29 is 8.42 Å². The molecule has 1 N–H and O–H groups in total. The molecule has 0 spiro atoms. The number of rotatable bonds is 6. The number of hydrogen-bond donors (Lipinski definition) is 1. The molecule has 0 bridgehead atoms. The van der Waals surface area contributed by atoms with Gasteiger partial charge in [-0.3, -0.25) is 0 Å². The van der Waals surface area contributed by atoms with E-state index in [0.29, 0.717) is 17.4 Å². The fourth-order valence-electron chi connectivity index (χ4n) is 3.52. The number of benzene rings is 2. The highest BCUT2D eigenvalue weighted by Crippen LogP contribution is 2.27. The molecule has 1 unspecified atom stereocenters. The number of aliphatic imine (C=N–C) groups is 1. The lowest BCUT2D eigenvalue weighted by molar-refractivity contribution is 0.486. The molecule has 0 aliphatic carbocycles. The number of guanidine groups is 1. The zero-order valence-corrected chi connectivity index (χ0v) is 20.9. The first-order valence-corrected chi connectivity index (χ1v) is 11.5. The summed E-state index contributed by atoms with van der Waals surface area (Å²) in [6.07, 6.45) is 1.12. The summed E-state index contributed by atoms with van der Waals surface area (Å²) in [7, 11) is -0.329. The van der Waals surface area contributed by atoms with Crippen molar-refractivity contribution in [1.82, 2.24) is 14.5 Å². The van der Waals surface area contributed by atoms with E-state index >= 15 is 0 Å². The molecule has 1 aliphatic rings. The SMILES string of the molecule is CCNC(=NCc1ccc(S(=O)(=O)N(C)C)cc1)N1CCC(c2ccccc2)C1.I. The van der Waals surface area contributed by atoms with Gasteiger partial charge in [0.05, 0.1) is 11.4 Å². The van der Waals surface area contributed by atoms with E-state index in [2.05, 4.69) is 47.5 Å². The number of nitrogens with one attached hydrogen (secondary N) is 1. The average Bonchev–Trinajstić information content (AvgIpc) is 3.22. The van der Waals surface area contributed by atoms with Gasteiger partial charge in [-0.1, -0.05) is 42.5 Å². The summed E-state index contributed by atoms with van der Waals surface area (Å²) < 4.78 is 25.6. The summed E-state index contributed by atoms with van der Waals surface area (Å²) in [6, 6.07) is 17.6. The van der Waals surface area contributed by atoms with Crippen molar-refractivity contribution in [2.24, 2.45) is 4.99 Å². The molecular formula is C22H31IN4O2S. The number of hydrogen-bond acceptors (Lipinski definition) is 3. The van der Waals surface area contributed by atoms with E-state index in [1.165, 1.54) is 24.0 Å². The quantitative estimate of drug-likeness (QED) is 0.345. The lowest BCUT2D eigenvalue weighted by Gasteiger charge is -2.22. The molecule has 0 radical (unpaired) electrons. The Balaban J connectivity index is 0.00000320. The molecule has 1 heterocycles. The maximum atomic E-state index is 12.2. The van der Waals surface area contributed by atoms with Crippen LogP contribution < -0.4 is 5.32 Å². The predicted molar refractivity (Wildman–Crippen MR) is 133 cm³/mol. The minimum Gasteiger partial charge on any atom is -0.357 e. The van der Waals surface area contributed by atoms with E-state index in [4.69, 9.17) is 4.99 Å². The number of likely N-dealkylation sites (tertiary alicyclic amines) is 1. The molecule has 1 fully saturated rings. The van der Waals surface area contributed by atoms with Crippen LogP contribution in [0.4, 0.5) is 0 Å². The zero-order valence-electron chi connectivity index (χ0n) is 17.8. The van der Waals surface area contributed by atoms with Gasteiger partial charge in [-0.15, -0.1) is 24.0 Å². The number of halogens is 1. The van der Waals surface area contributed by atoms with Gasteiger partial charge in [0.1, 0.15) is 0 Å². The molecule has 0 amide bonds. The second-order valence-electron chi connectivity index (χ2n) is 7.44. The Kier molecular flexibility index (Phi) is 9.11. The fraction of sp³-hybridized carbons (Fsp3) is 0.409. The molecule has 1 atom stereocenters. The van der Waals surface area contributed by atoms with Crippen LogP contribution in [0.3, 0.4) is 0 Å². The van der Waals surface area contributed by atoms with Crippen LogP contribution in [0, 0.1) is 0 Å². The van der Waals surface area contributed by atoms with E-state index in [-0.39, 0.29) is 24.0 Å². The van der Waals surface area contributed by atoms with Gasteiger partial charge in [-0.05, 0) is 36.6 Å². The third kappa shape index (κ3) is 5.95. The van der Waals surface area contributed by atoms with Crippen LogP contribution >= 0.6 is 24.0 Å². The average molecular weight is 542 g/mol. The zero-order chi connectivity index (χ0) is 20.9. The van der Waals surface area contributed by atoms with Crippen LogP contribution in [-0.4, -0.2) is 57.3 Å². The molecule has 2 aromatic rings. The normalized spacial score (nSPS) is 17.1. The van der Waals surface area contributed by atoms with Crippen molar-refractivity contribution in [3.8, 4) is 0 Å². The molecule has 8 heteroatoms. The Morgan fingerprint density at radius 1 is 1.13 bits per heavy atom. The van der Waals surface area contributed by atoms with Crippen molar-refractivity contribution >= 4 is 40.0 Å². The summed E-state index contributed by atoms with van der Waals surface area (Å²) in [5.74, 6) is 1.44. The lowest BCUT2D eigenvalue weighted by atomic mass is 9.99. The lowest BCUT2D eigenvalue weighted by Crippen LogP contribution is -2.40. The van der Waals surface area contributed by atoms with Gasteiger partial charge >= 0.3 is 0 Å². The van der Waals surface area contributed by atoms with Gasteiger partial charge < -0.3 is 10.2 Å². The highest BCUT2D eigenvalue weighted by molar-refractivity contribution is 14.0. The van der Waals surface area contributed by atoms with Crippen LogP contribution in [0.2, 0.25) is 0 Å². The molecular weight excluding hydrogens is 511 g/mol. The van der Waals surface area contributed by atoms with E-state index in [1.54, 1.807) is 12.1 Å². The van der Waals surface area contributed by atoms with Crippen LogP contribution in [0.1, 0.15) is 30.4 Å². The van der Waals surface area contributed by atoms with Gasteiger partial charge in [0.25, 0.3) is 0 Å². The van der Waals surface area contributed by atoms with E-state index in [0.717, 1.165) is 37.6 Å². The maximum absolute atomic E-state index is 12.2. The van der Waals surface area contributed by atoms with Gasteiger partial charge in [0.15, 0.2) is 5.96 Å². The standard InChI is InChI=1S/C22H30N4O2S.HI/c1-4-23-22(26-15-14-20(17-26)19-8-6-5-7-9-19)24-16-18-10-12-21(13-11-18)29(27,28)25(2)3;/h5-13,20H,4,14-17H2,1-3H3,(H,23,24);1H. The van der Waals surface area contributed by atoms with Crippen molar-refractivity contribution in [1.29, 1.82) is 0 Å². The Hall–Kier alpha value is -1.65. The molecule has 3 rings (SSSR count). The first-order valence-electron chi connectivity index (χ1n) is 10.0. The van der Waals surface area contributed by atoms with Crippen molar-refractivity contribution in [2.75, 3.05) is 33.7 Å². The van der Waals surface area contributed by atoms with Crippen LogP contribution in [0.5, 0.6) is 0 Å². The summed E-state index contributed by atoms with van der Waals surface area (Å²) in [5, 5.41) is 3.39. The van der Waals surface area contributed by atoms with E-state index in [9.17, 15) is 8.42 Å². The summed E-state index contributed by atoms with van der Waals surface area (Å²) in [5.41, 5.74) is 2.36. The Morgan fingerprint density at radius 2 is 1.80 bits per heavy atom. The maximum Gasteiger partial charge on any atom is 0.242 e. The van der Waals surface area contributed by atoms with E-state index in [1.807, 2.05) is 12.1 Å². The highest BCUT2D eigenvalue weighted by atomic mass is 127. The molecule has 0 aromatic heterocycles. The first kappa shape index (κ1) is 24.6. The minimum atomic E-state index is -3.40. The Bertz CT molecular complexity index is 931. The summed E-state index contributed by atoms with van der Waals surface area (Å²) in [6.45, 7) is 5.32. The predicted octanol–water partition coefficient (Wildman–Crippen LogP) is 3.51. The third-order valence-corrected chi connectivity index (χ3v) is 7.04.